The van der Waals surface area contributed by atoms with Gasteiger partial charge in [-0.15, -0.1) is 0 Å². The van der Waals surface area contributed by atoms with E-state index in [1.165, 1.54) is 11.1 Å². The molecule has 7 nitrogen and oxygen atoms in total. The fraction of sp³-hybridized carbons (Fsp3) is 0.393. The van der Waals surface area contributed by atoms with E-state index in [1.807, 2.05) is 36.4 Å². The Morgan fingerprint density at radius 3 is 2.37 bits per heavy atom. The maximum atomic E-state index is 13.0. The maximum Gasteiger partial charge on any atom is 0.407 e. The first-order valence-electron chi connectivity index (χ1n) is 12.3. The van der Waals surface area contributed by atoms with E-state index < -0.39 is 18.0 Å². The molecule has 0 aromatic heterocycles. The van der Waals surface area contributed by atoms with Gasteiger partial charge in [0.25, 0.3) is 0 Å². The predicted molar refractivity (Wildman–Crippen MR) is 131 cm³/mol. The van der Waals surface area contributed by atoms with Crippen molar-refractivity contribution in [1.29, 1.82) is 0 Å². The van der Waals surface area contributed by atoms with Gasteiger partial charge >= 0.3 is 12.1 Å². The van der Waals surface area contributed by atoms with Gasteiger partial charge in [-0.2, -0.15) is 0 Å². The second-order valence-corrected chi connectivity index (χ2v) is 9.63. The molecule has 7 heteroatoms. The summed E-state index contributed by atoms with van der Waals surface area (Å²) in [6, 6.07) is 16.1. The minimum absolute atomic E-state index is 0.00865. The van der Waals surface area contributed by atoms with Gasteiger partial charge in [0.15, 0.2) is 0 Å². The van der Waals surface area contributed by atoms with Gasteiger partial charge in [-0.3, -0.25) is 9.59 Å². The molecule has 3 atom stereocenters. The van der Waals surface area contributed by atoms with Crippen molar-refractivity contribution in [2.45, 2.75) is 37.6 Å². The van der Waals surface area contributed by atoms with Crippen molar-refractivity contribution in [3.8, 4) is 11.1 Å². The van der Waals surface area contributed by atoms with Crippen LogP contribution in [0.3, 0.4) is 0 Å². The Bertz CT molecular complexity index is 1110. The number of likely N-dealkylation sites (tertiary alicyclic amines) is 1. The van der Waals surface area contributed by atoms with E-state index in [9.17, 15) is 19.5 Å². The molecule has 2 amide bonds. The van der Waals surface area contributed by atoms with Gasteiger partial charge in [-0.25, -0.2) is 4.79 Å². The molecule has 2 aromatic carbocycles. The summed E-state index contributed by atoms with van der Waals surface area (Å²) in [5.41, 5.74) is 4.67. The number of carboxylic acids is 1. The van der Waals surface area contributed by atoms with Crippen molar-refractivity contribution in [1.82, 2.24) is 10.2 Å². The molecule has 35 heavy (non-hydrogen) atoms. The second-order valence-electron chi connectivity index (χ2n) is 9.63. The highest BCUT2D eigenvalue weighted by Gasteiger charge is 2.34. The average Bonchev–Trinajstić information content (AvgIpc) is 3.21. The number of allylic oxidation sites excluding steroid dienone is 1. The van der Waals surface area contributed by atoms with Crippen LogP contribution in [-0.2, 0) is 14.3 Å². The first-order valence-corrected chi connectivity index (χ1v) is 12.3. The molecule has 1 unspecified atom stereocenters. The van der Waals surface area contributed by atoms with Gasteiger partial charge < -0.3 is 20.1 Å². The Balaban J connectivity index is 1.17. The lowest BCUT2D eigenvalue weighted by Crippen LogP contribution is -2.47. The normalized spacial score (nSPS) is 23.3. The molecule has 3 aliphatic rings. The lowest BCUT2D eigenvalue weighted by Gasteiger charge is -2.35. The second kappa shape index (κ2) is 9.94. The summed E-state index contributed by atoms with van der Waals surface area (Å²) in [7, 11) is 0. The molecule has 0 spiro atoms. The van der Waals surface area contributed by atoms with E-state index >= 15 is 0 Å². The quantitative estimate of drug-likeness (QED) is 0.634. The summed E-state index contributed by atoms with van der Waals surface area (Å²) in [6.45, 7) is 1.09. The molecule has 1 aliphatic heterocycles. The molecular weight excluding hydrogens is 444 g/mol. The summed E-state index contributed by atoms with van der Waals surface area (Å²) in [4.78, 5) is 38.7. The predicted octanol–water partition coefficient (Wildman–Crippen LogP) is 4.18. The third-order valence-electron chi connectivity index (χ3n) is 7.41. The van der Waals surface area contributed by atoms with Crippen LogP contribution in [0, 0.1) is 11.8 Å². The van der Waals surface area contributed by atoms with Crippen LogP contribution in [0.2, 0.25) is 0 Å². The molecule has 2 aromatic rings. The number of nitrogens with zero attached hydrogens (tertiary/aromatic N) is 1. The van der Waals surface area contributed by atoms with Crippen LogP contribution in [0.5, 0.6) is 0 Å². The lowest BCUT2D eigenvalue weighted by atomic mass is 9.88. The highest BCUT2D eigenvalue weighted by molar-refractivity contribution is 5.81. The Hall–Kier alpha value is -3.61. The summed E-state index contributed by atoms with van der Waals surface area (Å²) < 4.78 is 5.65. The topological polar surface area (TPSA) is 95.9 Å². The van der Waals surface area contributed by atoms with Crippen molar-refractivity contribution in [3.63, 3.8) is 0 Å². The van der Waals surface area contributed by atoms with Crippen molar-refractivity contribution in [2.75, 3.05) is 19.7 Å². The summed E-state index contributed by atoms with van der Waals surface area (Å²) in [5, 5.41) is 12.2. The number of hydrogen-bond acceptors (Lipinski definition) is 4. The highest BCUT2D eigenvalue weighted by atomic mass is 16.5. The van der Waals surface area contributed by atoms with E-state index in [2.05, 4.69) is 29.6 Å². The van der Waals surface area contributed by atoms with Crippen LogP contribution in [0.25, 0.3) is 11.1 Å². The van der Waals surface area contributed by atoms with Crippen LogP contribution in [0.4, 0.5) is 4.79 Å². The van der Waals surface area contributed by atoms with E-state index in [0.29, 0.717) is 32.2 Å². The number of carboxylic acid groups (broad SMARTS) is 1. The Morgan fingerprint density at radius 1 is 1.00 bits per heavy atom. The van der Waals surface area contributed by atoms with Crippen LogP contribution in [0.1, 0.15) is 42.7 Å². The summed E-state index contributed by atoms with van der Waals surface area (Å²) in [6.07, 6.45) is 5.70. The zero-order chi connectivity index (χ0) is 24.4. The van der Waals surface area contributed by atoms with Crippen molar-refractivity contribution >= 4 is 18.0 Å². The fourth-order valence-electron chi connectivity index (χ4n) is 5.63. The third-order valence-corrected chi connectivity index (χ3v) is 7.41. The first-order chi connectivity index (χ1) is 17.0. The van der Waals surface area contributed by atoms with Gasteiger partial charge in [0.2, 0.25) is 5.91 Å². The molecule has 0 bridgehead atoms. The van der Waals surface area contributed by atoms with Gasteiger partial charge in [-0.05, 0) is 47.9 Å². The lowest BCUT2D eigenvalue weighted by molar-refractivity contribution is -0.147. The molecule has 182 valence electrons. The minimum Gasteiger partial charge on any atom is -0.481 e. The maximum absolute atomic E-state index is 13.0. The van der Waals surface area contributed by atoms with Crippen molar-refractivity contribution < 1.29 is 24.2 Å². The molecule has 2 aliphatic carbocycles. The van der Waals surface area contributed by atoms with Crippen molar-refractivity contribution in [3.05, 3.63) is 71.8 Å². The van der Waals surface area contributed by atoms with E-state index in [0.717, 1.165) is 11.1 Å². The Kier molecular flexibility index (Phi) is 6.57. The van der Waals surface area contributed by atoms with E-state index in [-0.39, 0.29) is 36.9 Å². The monoisotopic (exact) mass is 474 g/mol. The first kappa shape index (κ1) is 23.1. The van der Waals surface area contributed by atoms with Crippen molar-refractivity contribution in [2.24, 2.45) is 11.8 Å². The molecule has 1 heterocycles. The molecule has 2 N–H and O–H groups in total. The number of amides is 2. The molecule has 1 fully saturated rings. The standard InChI is InChI=1S/C28H30N2O5/c31-26(30-14-6-8-19(16-30)27(32)33)18-7-5-9-20(15-18)29-28(34)35-17-25-23-12-3-1-10-21(23)22-11-2-4-13-24(22)25/h1-5,9-13,18-20,25H,6-8,14-17H2,(H,29,34)(H,32,33)/t18-,19?,20-/m1/s1. The van der Waals surface area contributed by atoms with Crippen LogP contribution in [0.15, 0.2) is 60.7 Å². The molecule has 1 saturated heterocycles. The molecule has 0 radical (unpaired) electrons. The van der Waals surface area contributed by atoms with Gasteiger partial charge in [-0.1, -0.05) is 60.7 Å². The number of fused-ring (bicyclic) bond motifs is 3. The highest BCUT2D eigenvalue weighted by Crippen LogP contribution is 2.44. The molecule has 0 saturated carbocycles. The number of carbonyl (C=O) groups is 3. The third kappa shape index (κ3) is 4.81. The fourth-order valence-corrected chi connectivity index (χ4v) is 5.63. The molecule has 5 rings (SSSR count). The number of benzene rings is 2. The Morgan fingerprint density at radius 2 is 1.69 bits per heavy atom. The van der Waals surface area contributed by atoms with E-state index in [1.54, 1.807) is 4.90 Å². The van der Waals surface area contributed by atoms with Gasteiger partial charge in [0, 0.05) is 24.9 Å². The Labute approximate surface area is 204 Å². The SMILES string of the molecule is O=C(N[C@@H]1C=CC[C@@H](C(=O)N2CCCC(C(=O)O)C2)C1)OCC1c2ccccc2-c2ccccc21. The van der Waals surface area contributed by atoms with Gasteiger partial charge in [0.1, 0.15) is 6.61 Å². The number of hydrogen-bond donors (Lipinski definition) is 2. The molecular formula is C28H30N2O5. The zero-order valence-corrected chi connectivity index (χ0v) is 19.6. The number of rotatable bonds is 5. The number of ether oxygens (including phenoxy) is 1. The van der Waals surface area contributed by atoms with Crippen LogP contribution in [-0.4, -0.2) is 53.7 Å². The van der Waals surface area contributed by atoms with Crippen LogP contribution < -0.4 is 5.32 Å². The summed E-state index contributed by atoms with van der Waals surface area (Å²) in [5.74, 6) is -1.65. The summed E-state index contributed by atoms with van der Waals surface area (Å²) >= 11 is 0. The largest absolute Gasteiger partial charge is 0.481 e. The average molecular weight is 475 g/mol. The zero-order valence-electron chi connectivity index (χ0n) is 19.6. The smallest absolute Gasteiger partial charge is 0.407 e. The number of piperidine rings is 1. The minimum atomic E-state index is -0.846. The van der Waals surface area contributed by atoms with Gasteiger partial charge in [0.05, 0.1) is 12.0 Å². The number of alkyl carbamates (subject to hydrolysis) is 1. The number of nitrogens with one attached hydrogen (secondary N) is 1. The van der Waals surface area contributed by atoms with Crippen LogP contribution >= 0.6 is 0 Å². The number of aliphatic carboxylic acids is 1. The van der Waals surface area contributed by atoms with E-state index in [4.69, 9.17) is 4.74 Å². The number of carbonyl (C=O) groups excluding carboxylic acids is 2.